The Balaban J connectivity index is 2.61. The van der Waals surface area contributed by atoms with Crippen LogP contribution in [0.3, 0.4) is 0 Å². The zero-order valence-electron chi connectivity index (χ0n) is 10.4. The molecule has 0 radical (unpaired) electrons. The van der Waals surface area contributed by atoms with Gasteiger partial charge in [-0.25, -0.2) is 4.98 Å². The Morgan fingerprint density at radius 3 is 2.88 bits per heavy atom. The van der Waals surface area contributed by atoms with Gasteiger partial charge in [0, 0.05) is 17.2 Å². The molecule has 1 unspecified atom stereocenters. The third-order valence-electron chi connectivity index (χ3n) is 2.34. The molecule has 4 nitrogen and oxygen atoms in total. The van der Waals surface area contributed by atoms with Crippen LogP contribution in [0.2, 0.25) is 0 Å². The molecule has 1 amide bonds. The lowest BCUT2D eigenvalue weighted by molar-refractivity contribution is -0.121. The summed E-state index contributed by atoms with van der Waals surface area (Å²) in [5, 5.41) is 5.95. The van der Waals surface area contributed by atoms with E-state index in [-0.39, 0.29) is 11.9 Å². The minimum absolute atomic E-state index is 0.00373. The Morgan fingerprint density at radius 1 is 1.59 bits per heavy atom. The number of nitrogens with zero attached hydrogens (tertiary/aromatic N) is 1. The minimum atomic E-state index is -0.283. The number of rotatable bonds is 5. The van der Waals surface area contributed by atoms with Crippen molar-refractivity contribution in [3.63, 3.8) is 0 Å². The number of nitrogens with one attached hydrogen (secondary N) is 2. The van der Waals surface area contributed by atoms with Gasteiger partial charge < -0.3 is 10.6 Å². The van der Waals surface area contributed by atoms with Gasteiger partial charge in [-0.2, -0.15) is 0 Å². The van der Waals surface area contributed by atoms with Gasteiger partial charge in [-0.3, -0.25) is 4.79 Å². The van der Waals surface area contributed by atoms with Crippen LogP contribution in [0.5, 0.6) is 0 Å². The van der Waals surface area contributed by atoms with Crippen molar-refractivity contribution in [2.24, 2.45) is 0 Å². The quantitative estimate of drug-likeness (QED) is 0.878. The van der Waals surface area contributed by atoms with E-state index >= 15 is 0 Å². The van der Waals surface area contributed by atoms with Crippen LogP contribution in [0.25, 0.3) is 0 Å². The van der Waals surface area contributed by atoms with Gasteiger partial charge in [0.2, 0.25) is 5.91 Å². The second-order valence-corrected chi connectivity index (χ2v) is 4.89. The van der Waals surface area contributed by atoms with Crippen LogP contribution >= 0.6 is 15.9 Å². The molecule has 0 aliphatic carbocycles. The maximum atomic E-state index is 11.7. The second kappa shape index (κ2) is 6.59. The molecule has 1 heterocycles. The van der Waals surface area contributed by atoms with Crippen molar-refractivity contribution in [3.05, 3.63) is 22.3 Å². The fraction of sp³-hybridized carbons (Fsp3) is 0.500. The van der Waals surface area contributed by atoms with E-state index in [1.807, 2.05) is 26.8 Å². The van der Waals surface area contributed by atoms with Crippen molar-refractivity contribution < 1.29 is 4.79 Å². The first-order valence-electron chi connectivity index (χ1n) is 5.71. The summed E-state index contributed by atoms with van der Waals surface area (Å²) in [5.74, 6) is 0.739. The van der Waals surface area contributed by atoms with Gasteiger partial charge in [0.25, 0.3) is 0 Å². The van der Waals surface area contributed by atoms with Gasteiger partial charge in [-0.1, -0.05) is 6.92 Å². The van der Waals surface area contributed by atoms with E-state index in [9.17, 15) is 4.79 Å². The number of anilines is 1. The van der Waals surface area contributed by atoms with Crippen LogP contribution < -0.4 is 10.6 Å². The van der Waals surface area contributed by atoms with Crippen molar-refractivity contribution in [1.29, 1.82) is 0 Å². The Labute approximate surface area is 110 Å². The zero-order chi connectivity index (χ0) is 12.8. The lowest BCUT2D eigenvalue weighted by Gasteiger charge is -2.15. The highest BCUT2D eigenvalue weighted by atomic mass is 79.9. The van der Waals surface area contributed by atoms with E-state index in [1.165, 1.54) is 0 Å². The molecule has 0 saturated heterocycles. The van der Waals surface area contributed by atoms with Gasteiger partial charge in [-0.05, 0) is 47.8 Å². The number of hydrogen-bond donors (Lipinski definition) is 2. The second-order valence-electron chi connectivity index (χ2n) is 3.98. The molecule has 94 valence electrons. The lowest BCUT2D eigenvalue weighted by Crippen LogP contribution is -2.38. The summed E-state index contributed by atoms with van der Waals surface area (Å²) in [6.07, 6.45) is 2.65. The summed E-state index contributed by atoms with van der Waals surface area (Å²) in [4.78, 5) is 15.9. The number of aromatic nitrogens is 1. The van der Waals surface area contributed by atoms with Crippen molar-refractivity contribution in [2.75, 3.05) is 11.9 Å². The third kappa shape index (κ3) is 4.34. The predicted molar refractivity (Wildman–Crippen MR) is 73.1 cm³/mol. The first kappa shape index (κ1) is 14.0. The molecule has 17 heavy (non-hydrogen) atoms. The van der Waals surface area contributed by atoms with Crippen LogP contribution in [0.1, 0.15) is 25.8 Å². The largest absolute Gasteiger partial charge is 0.358 e. The van der Waals surface area contributed by atoms with E-state index < -0.39 is 0 Å². The standard InChI is InChI=1S/C12H18BrN3O/c1-4-5-14-12(17)9(3)16-11-8(2)6-10(13)7-15-11/h6-7,9H,4-5H2,1-3H3,(H,14,17)(H,15,16). The highest BCUT2D eigenvalue weighted by Crippen LogP contribution is 2.17. The summed E-state index contributed by atoms with van der Waals surface area (Å²) < 4.78 is 0.934. The number of pyridine rings is 1. The average Bonchev–Trinajstić information content (AvgIpc) is 2.29. The Bertz CT molecular complexity index is 395. The molecule has 1 atom stereocenters. The van der Waals surface area contributed by atoms with Gasteiger partial charge >= 0.3 is 0 Å². The Kier molecular flexibility index (Phi) is 5.41. The van der Waals surface area contributed by atoms with Crippen LogP contribution in [-0.4, -0.2) is 23.5 Å². The molecule has 5 heteroatoms. The fourth-order valence-corrected chi connectivity index (χ4v) is 1.81. The normalized spacial score (nSPS) is 12.0. The van der Waals surface area contributed by atoms with Gasteiger partial charge in [-0.15, -0.1) is 0 Å². The summed E-state index contributed by atoms with van der Waals surface area (Å²) >= 11 is 3.36. The molecule has 0 aliphatic heterocycles. The monoisotopic (exact) mass is 299 g/mol. The molecule has 1 aromatic rings. The molecule has 2 N–H and O–H groups in total. The predicted octanol–water partition coefficient (Wildman–Crippen LogP) is 2.48. The number of carbonyl (C=O) groups is 1. The summed E-state index contributed by atoms with van der Waals surface area (Å²) in [6.45, 7) is 6.52. The van der Waals surface area contributed by atoms with E-state index in [0.717, 1.165) is 22.3 Å². The van der Waals surface area contributed by atoms with Crippen molar-refractivity contribution >= 4 is 27.7 Å². The Hall–Kier alpha value is -1.10. The molecular weight excluding hydrogens is 282 g/mol. The number of aryl methyl sites for hydroxylation is 1. The molecule has 0 fully saturated rings. The summed E-state index contributed by atoms with van der Waals surface area (Å²) in [7, 11) is 0. The highest BCUT2D eigenvalue weighted by molar-refractivity contribution is 9.10. The lowest BCUT2D eigenvalue weighted by atomic mass is 10.2. The number of hydrogen-bond acceptors (Lipinski definition) is 3. The number of halogens is 1. The van der Waals surface area contributed by atoms with E-state index in [1.54, 1.807) is 6.20 Å². The smallest absolute Gasteiger partial charge is 0.242 e. The van der Waals surface area contributed by atoms with Crippen LogP contribution in [-0.2, 0) is 4.79 Å². The van der Waals surface area contributed by atoms with Crippen LogP contribution in [0, 0.1) is 6.92 Å². The topological polar surface area (TPSA) is 54.0 Å². The number of carbonyl (C=O) groups excluding carboxylic acids is 1. The number of amides is 1. The summed E-state index contributed by atoms with van der Waals surface area (Å²) in [5.41, 5.74) is 1.01. The maximum absolute atomic E-state index is 11.7. The van der Waals surface area contributed by atoms with Crippen molar-refractivity contribution in [2.45, 2.75) is 33.2 Å². The van der Waals surface area contributed by atoms with Crippen LogP contribution in [0.4, 0.5) is 5.82 Å². The first-order valence-corrected chi connectivity index (χ1v) is 6.50. The SMILES string of the molecule is CCCNC(=O)C(C)Nc1ncc(Br)cc1C. The molecule has 1 aromatic heterocycles. The highest BCUT2D eigenvalue weighted by Gasteiger charge is 2.13. The van der Waals surface area contributed by atoms with Gasteiger partial charge in [0.1, 0.15) is 11.9 Å². The molecule has 0 spiro atoms. The zero-order valence-corrected chi connectivity index (χ0v) is 12.0. The van der Waals surface area contributed by atoms with Gasteiger partial charge in [0.05, 0.1) is 0 Å². The van der Waals surface area contributed by atoms with Crippen molar-refractivity contribution in [1.82, 2.24) is 10.3 Å². The molecule has 0 aliphatic rings. The molecule has 1 rings (SSSR count). The Morgan fingerprint density at radius 2 is 2.29 bits per heavy atom. The first-order chi connectivity index (χ1) is 8.04. The van der Waals surface area contributed by atoms with Gasteiger partial charge in [0.15, 0.2) is 0 Å². The summed E-state index contributed by atoms with van der Waals surface area (Å²) in [6, 6.07) is 1.68. The fourth-order valence-electron chi connectivity index (χ4n) is 1.36. The van der Waals surface area contributed by atoms with E-state index in [0.29, 0.717) is 6.54 Å². The third-order valence-corrected chi connectivity index (χ3v) is 2.77. The van der Waals surface area contributed by atoms with E-state index in [2.05, 4.69) is 31.5 Å². The molecular formula is C12H18BrN3O. The minimum Gasteiger partial charge on any atom is -0.358 e. The molecule has 0 bridgehead atoms. The van der Waals surface area contributed by atoms with Crippen molar-refractivity contribution in [3.8, 4) is 0 Å². The van der Waals surface area contributed by atoms with E-state index in [4.69, 9.17) is 0 Å². The molecule has 0 saturated carbocycles. The molecule has 0 aromatic carbocycles. The average molecular weight is 300 g/mol. The van der Waals surface area contributed by atoms with Crippen LogP contribution in [0.15, 0.2) is 16.7 Å². The maximum Gasteiger partial charge on any atom is 0.242 e.